The van der Waals surface area contributed by atoms with Crippen molar-refractivity contribution in [3.05, 3.63) is 302 Å². The Morgan fingerprint density at radius 1 is 0.417 bits per heavy atom. The Bertz CT molecular complexity index is 7080. The standard InChI is InChI=1S/C21H15N4.2C16H13N4.C15H10N3O.C15H10N3S/c1-2-8-16(9-3-1)24-19-14-23-13-15-7-4-5-10-17(15)21(23)25(19)18-11-6-12-22-20(18)24;2*1-18-13-7-4-8-17-15(13)20-10-19-9-11-5-2-3-6-12(11)14(19)16(18)20;2*1-2-5-11-10(4-1)8-17-9-13-18(15(11)17)12-6-3-7-16-14(12)19-13/h1-12,14H,13H2;2*2-8,10H,9H2,1H3;2*1-7,9H,8H2/q5*+1/i;1D3;;;. The number of fused-ring (bicyclic) bond motifs is 35. The van der Waals surface area contributed by atoms with Crippen LogP contribution in [0, 0.1) is 0 Å². The van der Waals surface area contributed by atoms with E-state index in [1.807, 2.05) is 83.9 Å². The summed E-state index contributed by atoms with van der Waals surface area (Å²) in [7, 11) is 2.11. The van der Waals surface area contributed by atoms with Crippen LogP contribution >= 0.6 is 11.3 Å². The van der Waals surface area contributed by atoms with E-state index in [4.69, 9.17) is 8.53 Å². The second-order valence-electron chi connectivity index (χ2n) is 26.6. The van der Waals surface area contributed by atoms with Crippen molar-refractivity contribution in [3.63, 3.8) is 0 Å². The summed E-state index contributed by atoms with van der Waals surface area (Å²) in [5.74, 6) is 3.69. The lowest BCUT2D eigenvalue weighted by Gasteiger charge is -2.01. The van der Waals surface area contributed by atoms with Gasteiger partial charge in [-0.1, -0.05) is 133 Å². The van der Waals surface area contributed by atoms with Crippen molar-refractivity contribution in [2.24, 2.45) is 14.0 Å². The van der Waals surface area contributed by atoms with E-state index in [2.05, 4.69) is 252 Å². The molecule has 21 aromatic rings. The minimum Gasteiger partial charge on any atom is -0.396 e. The number of hydrogen-bond donors (Lipinski definition) is 0. The molecule has 0 saturated carbocycles. The summed E-state index contributed by atoms with van der Waals surface area (Å²) < 4.78 is 57.8. The minimum atomic E-state index is -2.27. The van der Waals surface area contributed by atoms with Crippen molar-refractivity contribution in [2.75, 3.05) is 0 Å². The highest BCUT2D eigenvalue weighted by Gasteiger charge is 2.38. The minimum absolute atomic E-state index is 0.621. The van der Waals surface area contributed by atoms with Gasteiger partial charge < -0.3 is 4.42 Å². The number of benzene rings is 6. The molecule has 0 fully saturated rings. The Morgan fingerprint density at radius 3 is 1.51 bits per heavy atom. The SMILES string of the molecule is Cn1c2cccnc2[n+]2cn3c(c12)-c1ccccc1C3.[2H]C([2H])([2H])n1c2cccnc2[n+]2cn3c(c12)-c1ccccc1C3.c1ccc(-n2c3ncccc3n3c4[n+](cc23)Cc2ccccc2-4)cc1.c1ccc2c(c1)C[n+]1cc3oc4ncccc4n3c1-2.c1ccc2c(c1)C[n+]1cc3sc4ncccc4n3c1-2. The van der Waals surface area contributed by atoms with Crippen LogP contribution in [-0.4, -0.2) is 61.0 Å². The number of aromatic nitrogens is 18. The lowest BCUT2D eigenvalue weighted by molar-refractivity contribution is -0.670. The van der Waals surface area contributed by atoms with Gasteiger partial charge in [-0.05, 0) is 102 Å². The molecule has 0 N–H and O–H groups in total. The summed E-state index contributed by atoms with van der Waals surface area (Å²) in [5, 5.41) is 0. The van der Waals surface area contributed by atoms with Crippen LogP contribution in [0.5, 0.6) is 0 Å². The summed E-state index contributed by atoms with van der Waals surface area (Å²) in [6, 6.07) is 73.0. The largest absolute Gasteiger partial charge is 0.396 e. The van der Waals surface area contributed by atoms with Crippen molar-refractivity contribution in [2.45, 2.75) is 32.7 Å². The zero-order chi connectivity index (χ0) is 70.2. The number of para-hydroxylation sites is 1. The number of oxazole rings is 1. The van der Waals surface area contributed by atoms with Gasteiger partial charge in [0.1, 0.15) is 25.8 Å². The second kappa shape index (κ2) is 22.0. The number of rotatable bonds is 1. The van der Waals surface area contributed by atoms with Crippen LogP contribution < -0.4 is 22.5 Å². The molecule has 0 bridgehead atoms. The number of aryl methyl sites for hydroxylation is 2. The monoisotopic (exact) mass is 1360 g/mol. The maximum atomic E-state index is 7.99. The Morgan fingerprint density at radius 2 is 0.893 bits per heavy atom. The van der Waals surface area contributed by atoms with Gasteiger partial charge in [0.2, 0.25) is 16.1 Å². The molecule has 103 heavy (non-hydrogen) atoms. The summed E-state index contributed by atoms with van der Waals surface area (Å²) in [5.41, 5.74) is 28.8. The summed E-state index contributed by atoms with van der Waals surface area (Å²) in [4.78, 5) is 24.7. The fraction of sp³-hybridized carbons (Fsp3) is 0.0843. The van der Waals surface area contributed by atoms with Crippen LogP contribution in [-0.2, 0) is 46.7 Å². The maximum absolute atomic E-state index is 7.99. The molecule has 490 valence electrons. The maximum Gasteiger partial charge on any atom is 0.337 e. The summed E-state index contributed by atoms with van der Waals surface area (Å²) in [6.45, 7) is 2.23. The Labute approximate surface area is 594 Å². The van der Waals surface area contributed by atoms with Crippen molar-refractivity contribution in [1.82, 2.24) is 61.0 Å². The highest BCUT2D eigenvalue weighted by Crippen LogP contribution is 2.40. The lowest BCUT2D eigenvalue weighted by atomic mass is 10.1. The number of imidazole rings is 8. The van der Waals surface area contributed by atoms with Gasteiger partial charge in [0, 0.05) is 60.4 Å². The molecule has 26 rings (SSSR count). The van der Waals surface area contributed by atoms with E-state index in [0.29, 0.717) is 22.5 Å². The summed E-state index contributed by atoms with van der Waals surface area (Å²) >= 11 is 1.75. The molecule has 20 heteroatoms. The van der Waals surface area contributed by atoms with Gasteiger partial charge in [0.15, 0.2) is 74.5 Å². The number of hydrogen-bond acceptors (Lipinski definition) is 7. The van der Waals surface area contributed by atoms with Crippen LogP contribution in [0.15, 0.2) is 279 Å². The first-order chi connectivity index (χ1) is 52.1. The Hall–Kier alpha value is -13.5. The predicted molar refractivity (Wildman–Crippen MR) is 395 cm³/mol. The summed E-state index contributed by atoms with van der Waals surface area (Å²) in [6.07, 6.45) is 19.7. The first-order valence-electron chi connectivity index (χ1n) is 35.8. The molecule has 19 nitrogen and oxygen atoms in total. The number of pyridine rings is 5. The van der Waals surface area contributed by atoms with Gasteiger partial charge in [0.05, 0.1) is 52.0 Å². The van der Waals surface area contributed by atoms with Gasteiger partial charge in [-0.2, -0.15) is 22.0 Å². The molecule has 0 saturated heterocycles. The van der Waals surface area contributed by atoms with Crippen molar-refractivity contribution >= 4 is 93.9 Å². The molecule has 0 atom stereocenters. The quantitative estimate of drug-likeness (QED) is 0.150. The van der Waals surface area contributed by atoms with Crippen LogP contribution in [0.1, 0.15) is 31.9 Å². The number of thiazole rings is 1. The molecule has 20 heterocycles. The van der Waals surface area contributed by atoms with Crippen molar-refractivity contribution in [3.8, 4) is 62.4 Å². The van der Waals surface area contributed by atoms with E-state index in [-0.39, 0.29) is 0 Å². The molecule has 5 aliphatic rings. The van der Waals surface area contributed by atoms with Gasteiger partial charge in [-0.15, -0.1) is 9.97 Å². The van der Waals surface area contributed by atoms with E-state index in [1.54, 1.807) is 35.9 Å². The topological polar surface area (TPSA) is 135 Å². The second-order valence-corrected chi connectivity index (χ2v) is 27.6. The van der Waals surface area contributed by atoms with Crippen molar-refractivity contribution < 1.29 is 31.0 Å². The lowest BCUT2D eigenvalue weighted by Crippen LogP contribution is -2.29. The van der Waals surface area contributed by atoms with E-state index < -0.39 is 6.98 Å². The molecule has 0 amide bonds. The third kappa shape index (κ3) is 8.43. The molecule has 0 unspecified atom stereocenters. The van der Waals surface area contributed by atoms with Crippen LogP contribution in [0.3, 0.4) is 0 Å². The Balaban J connectivity index is 0.0000000830. The predicted octanol–water partition coefficient (Wildman–Crippen LogP) is 13.1. The van der Waals surface area contributed by atoms with Crippen molar-refractivity contribution in [1.29, 1.82) is 0 Å². The average molecular weight is 1360 g/mol. The first kappa shape index (κ1) is 54.5. The molecule has 0 spiro atoms. The average Bonchev–Trinajstić information content (AvgIpc) is 1.57. The fourth-order valence-corrected chi connectivity index (χ4v) is 17.6. The molecule has 0 aliphatic carbocycles. The van der Waals surface area contributed by atoms with E-state index >= 15 is 0 Å². The van der Waals surface area contributed by atoms with Crippen LogP contribution in [0.25, 0.3) is 145 Å². The first-order valence-corrected chi connectivity index (χ1v) is 35.1. The van der Waals surface area contributed by atoms with Gasteiger partial charge in [0.25, 0.3) is 40.1 Å². The number of nitrogens with zero attached hydrogens (tertiary/aromatic N) is 18. The normalized spacial score (nSPS) is 13.5. The van der Waals surface area contributed by atoms with Gasteiger partial charge in [-0.3, -0.25) is 22.8 Å². The van der Waals surface area contributed by atoms with Gasteiger partial charge >= 0.3 is 5.71 Å². The fourth-order valence-electron chi connectivity index (χ4n) is 16.6. The molecular weight excluding hydrogens is 1300 g/mol. The zero-order valence-electron chi connectivity index (χ0n) is 58.4. The van der Waals surface area contributed by atoms with Crippen LogP contribution in [0.2, 0.25) is 0 Å². The Kier molecular flexibility index (Phi) is 11.6. The molecule has 6 aromatic carbocycles. The van der Waals surface area contributed by atoms with Crippen LogP contribution in [0.4, 0.5) is 0 Å². The van der Waals surface area contributed by atoms with E-state index in [0.717, 1.165) is 93.7 Å². The smallest absolute Gasteiger partial charge is 0.337 e. The molecular formula is C83H61N18OS+5. The van der Waals surface area contributed by atoms with E-state index in [1.165, 1.54) is 93.8 Å². The highest BCUT2D eigenvalue weighted by molar-refractivity contribution is 7.23. The molecule has 0 radical (unpaired) electrons. The van der Waals surface area contributed by atoms with E-state index in [9.17, 15) is 0 Å². The third-order valence-corrected chi connectivity index (χ3v) is 21.9. The third-order valence-electron chi connectivity index (χ3n) is 20.9. The molecule has 15 aromatic heterocycles. The molecule has 5 aliphatic heterocycles. The van der Waals surface area contributed by atoms with Gasteiger partial charge in [-0.25, -0.2) is 28.7 Å². The zero-order valence-corrected chi connectivity index (χ0v) is 56.2. The highest BCUT2D eigenvalue weighted by atomic mass is 32.1.